The maximum absolute atomic E-state index is 12.7. The molecule has 0 spiro atoms. The van der Waals surface area contributed by atoms with Gasteiger partial charge < -0.3 is 15.0 Å². The molecule has 1 atom stereocenters. The number of esters is 1. The first-order valence-corrected chi connectivity index (χ1v) is 9.62. The maximum atomic E-state index is 12.7. The second kappa shape index (κ2) is 7.50. The van der Waals surface area contributed by atoms with E-state index in [1.807, 2.05) is 26.0 Å². The molecule has 26 heavy (non-hydrogen) atoms. The molecule has 0 radical (unpaired) electrons. The Hall–Kier alpha value is -2.34. The van der Waals surface area contributed by atoms with Crippen LogP contribution in [-0.4, -0.2) is 31.6 Å². The van der Waals surface area contributed by atoms with Gasteiger partial charge in [0.05, 0.1) is 19.2 Å². The van der Waals surface area contributed by atoms with Gasteiger partial charge in [0.2, 0.25) is 5.91 Å². The van der Waals surface area contributed by atoms with Gasteiger partial charge >= 0.3 is 5.97 Å². The molecule has 0 saturated heterocycles. The van der Waals surface area contributed by atoms with E-state index < -0.39 is 5.97 Å². The monoisotopic (exact) mass is 372 g/mol. The van der Waals surface area contributed by atoms with Crippen LogP contribution in [-0.2, 0) is 22.4 Å². The van der Waals surface area contributed by atoms with Crippen molar-refractivity contribution in [1.82, 2.24) is 0 Å². The Morgan fingerprint density at radius 1 is 1.35 bits per heavy atom. The molecule has 0 fully saturated rings. The van der Waals surface area contributed by atoms with E-state index in [1.54, 1.807) is 0 Å². The molecule has 1 aliphatic heterocycles. The SMILES string of the molecule is CCc1c(C)sc(NC(=O)CN2c3ccccc3CC2C)c1C(=O)OC. The molecule has 2 heterocycles. The third-order valence-electron chi connectivity index (χ3n) is 4.87. The van der Waals surface area contributed by atoms with Crippen LogP contribution in [0.2, 0.25) is 0 Å². The van der Waals surface area contributed by atoms with Gasteiger partial charge in [0.15, 0.2) is 0 Å². The summed E-state index contributed by atoms with van der Waals surface area (Å²) in [6, 6.07) is 8.45. The number of aryl methyl sites for hydroxylation is 1. The molecule has 1 amide bonds. The Bertz CT molecular complexity index is 844. The van der Waals surface area contributed by atoms with Crippen molar-refractivity contribution >= 4 is 33.9 Å². The van der Waals surface area contributed by atoms with Crippen molar-refractivity contribution in [2.45, 2.75) is 39.7 Å². The van der Waals surface area contributed by atoms with Crippen LogP contribution in [0.25, 0.3) is 0 Å². The van der Waals surface area contributed by atoms with Crippen LogP contribution in [0.1, 0.15) is 40.2 Å². The number of methoxy groups -OCH3 is 1. The Kier molecular flexibility index (Phi) is 5.32. The zero-order chi connectivity index (χ0) is 18.8. The number of anilines is 2. The largest absolute Gasteiger partial charge is 0.465 e. The summed E-state index contributed by atoms with van der Waals surface area (Å²) in [6.07, 6.45) is 1.66. The number of benzene rings is 1. The molecule has 138 valence electrons. The number of ether oxygens (including phenoxy) is 1. The minimum atomic E-state index is -0.401. The van der Waals surface area contributed by atoms with Crippen LogP contribution in [0.3, 0.4) is 0 Å². The van der Waals surface area contributed by atoms with Gasteiger partial charge in [0, 0.05) is 16.6 Å². The van der Waals surface area contributed by atoms with E-state index in [4.69, 9.17) is 4.74 Å². The zero-order valence-corrected chi connectivity index (χ0v) is 16.4. The van der Waals surface area contributed by atoms with E-state index in [0.29, 0.717) is 10.6 Å². The second-order valence-corrected chi connectivity index (χ2v) is 7.77. The molecular formula is C20H24N2O3S. The Balaban J connectivity index is 1.80. The average Bonchev–Trinajstić information content (AvgIpc) is 3.10. The summed E-state index contributed by atoms with van der Waals surface area (Å²) < 4.78 is 4.92. The molecule has 0 saturated carbocycles. The molecule has 1 aliphatic rings. The lowest BCUT2D eigenvalue weighted by Crippen LogP contribution is -2.37. The summed E-state index contributed by atoms with van der Waals surface area (Å²) in [6.45, 7) is 6.34. The molecule has 1 unspecified atom stereocenters. The first-order valence-electron chi connectivity index (χ1n) is 8.81. The van der Waals surface area contributed by atoms with Gasteiger partial charge in [-0.15, -0.1) is 11.3 Å². The number of hydrogen-bond acceptors (Lipinski definition) is 5. The van der Waals surface area contributed by atoms with Gasteiger partial charge in [0.25, 0.3) is 0 Å². The van der Waals surface area contributed by atoms with Crippen molar-refractivity contribution in [3.8, 4) is 0 Å². The van der Waals surface area contributed by atoms with E-state index in [1.165, 1.54) is 24.0 Å². The third kappa shape index (κ3) is 3.33. The number of para-hydroxylation sites is 1. The highest BCUT2D eigenvalue weighted by molar-refractivity contribution is 7.16. The minimum Gasteiger partial charge on any atom is -0.465 e. The van der Waals surface area contributed by atoms with Gasteiger partial charge in [-0.25, -0.2) is 4.79 Å². The molecule has 6 heteroatoms. The lowest BCUT2D eigenvalue weighted by Gasteiger charge is -2.24. The van der Waals surface area contributed by atoms with E-state index >= 15 is 0 Å². The van der Waals surface area contributed by atoms with E-state index in [2.05, 4.69) is 29.3 Å². The lowest BCUT2D eigenvalue weighted by molar-refractivity contribution is -0.115. The highest BCUT2D eigenvalue weighted by atomic mass is 32.1. The molecule has 1 aromatic carbocycles. The minimum absolute atomic E-state index is 0.123. The van der Waals surface area contributed by atoms with Crippen LogP contribution in [0.4, 0.5) is 10.7 Å². The number of hydrogen-bond donors (Lipinski definition) is 1. The van der Waals surface area contributed by atoms with Crippen molar-refractivity contribution < 1.29 is 14.3 Å². The van der Waals surface area contributed by atoms with Crippen LogP contribution >= 0.6 is 11.3 Å². The number of thiophene rings is 1. The van der Waals surface area contributed by atoms with Gasteiger partial charge in [-0.3, -0.25) is 4.79 Å². The summed E-state index contributed by atoms with van der Waals surface area (Å²) in [4.78, 5) is 28.0. The average molecular weight is 372 g/mol. The van der Waals surface area contributed by atoms with Crippen molar-refractivity contribution in [3.05, 3.63) is 45.8 Å². The summed E-state index contributed by atoms with van der Waals surface area (Å²) in [7, 11) is 1.36. The molecule has 1 N–H and O–H groups in total. The van der Waals surface area contributed by atoms with Crippen LogP contribution in [0.15, 0.2) is 24.3 Å². The Morgan fingerprint density at radius 2 is 2.08 bits per heavy atom. The normalized spacial score (nSPS) is 15.7. The highest BCUT2D eigenvalue weighted by Crippen LogP contribution is 2.35. The maximum Gasteiger partial charge on any atom is 0.341 e. The molecule has 3 rings (SSSR count). The number of nitrogens with zero attached hydrogens (tertiary/aromatic N) is 1. The van der Waals surface area contributed by atoms with Crippen molar-refractivity contribution in [2.24, 2.45) is 0 Å². The van der Waals surface area contributed by atoms with Crippen LogP contribution in [0.5, 0.6) is 0 Å². The topological polar surface area (TPSA) is 58.6 Å². The van der Waals surface area contributed by atoms with Gasteiger partial charge in [-0.05, 0) is 43.9 Å². The van der Waals surface area contributed by atoms with Crippen molar-refractivity contribution in [3.63, 3.8) is 0 Å². The highest BCUT2D eigenvalue weighted by Gasteiger charge is 2.28. The molecule has 5 nitrogen and oxygen atoms in total. The predicted octanol–water partition coefficient (Wildman–Crippen LogP) is 3.80. The molecule has 2 aromatic rings. The number of carbonyl (C=O) groups excluding carboxylic acids is 2. The summed E-state index contributed by atoms with van der Waals surface area (Å²) in [5.74, 6) is -0.524. The Morgan fingerprint density at radius 3 is 2.77 bits per heavy atom. The fourth-order valence-corrected chi connectivity index (χ4v) is 4.75. The fourth-order valence-electron chi connectivity index (χ4n) is 3.60. The van der Waals surface area contributed by atoms with Gasteiger partial charge in [-0.1, -0.05) is 25.1 Å². The quantitative estimate of drug-likeness (QED) is 0.811. The zero-order valence-electron chi connectivity index (χ0n) is 15.6. The number of carbonyl (C=O) groups is 2. The van der Waals surface area contributed by atoms with Gasteiger partial charge in [0.1, 0.15) is 5.00 Å². The van der Waals surface area contributed by atoms with E-state index in [0.717, 1.165) is 29.0 Å². The summed E-state index contributed by atoms with van der Waals surface area (Å²) in [5.41, 5.74) is 3.81. The van der Waals surface area contributed by atoms with Crippen LogP contribution in [0, 0.1) is 6.92 Å². The standard InChI is InChI=1S/C20H24N2O3S/c1-5-15-13(3)26-19(18(15)20(24)25-4)21-17(23)11-22-12(2)10-14-8-6-7-9-16(14)22/h6-9,12H,5,10-11H2,1-4H3,(H,21,23). The smallest absolute Gasteiger partial charge is 0.341 e. The van der Waals surface area contributed by atoms with E-state index in [-0.39, 0.29) is 18.5 Å². The predicted molar refractivity (Wildman–Crippen MR) is 105 cm³/mol. The fraction of sp³-hybridized carbons (Fsp3) is 0.400. The molecule has 0 bridgehead atoms. The van der Waals surface area contributed by atoms with Crippen molar-refractivity contribution in [1.29, 1.82) is 0 Å². The first kappa shape index (κ1) is 18.5. The van der Waals surface area contributed by atoms with Gasteiger partial charge in [-0.2, -0.15) is 0 Å². The first-order chi connectivity index (χ1) is 12.5. The van der Waals surface area contributed by atoms with E-state index in [9.17, 15) is 9.59 Å². The summed E-state index contributed by atoms with van der Waals surface area (Å²) >= 11 is 1.43. The number of amides is 1. The second-order valence-electron chi connectivity index (χ2n) is 6.54. The third-order valence-corrected chi connectivity index (χ3v) is 5.93. The number of rotatable bonds is 5. The summed E-state index contributed by atoms with van der Waals surface area (Å²) in [5, 5.41) is 3.52. The lowest BCUT2D eigenvalue weighted by atomic mass is 10.1. The van der Waals surface area contributed by atoms with Crippen molar-refractivity contribution in [2.75, 3.05) is 23.9 Å². The molecular weight excluding hydrogens is 348 g/mol. The van der Waals surface area contributed by atoms with Crippen LogP contribution < -0.4 is 10.2 Å². The molecule has 1 aromatic heterocycles. The number of nitrogens with one attached hydrogen (secondary N) is 1. The Labute approximate surface area is 158 Å². The molecule has 0 aliphatic carbocycles. The number of fused-ring (bicyclic) bond motifs is 1.